The van der Waals surface area contributed by atoms with E-state index in [0.29, 0.717) is 15.4 Å². The number of nitrogens with zero attached hydrogens (tertiary/aromatic N) is 3. The third-order valence-electron chi connectivity index (χ3n) is 1.97. The molecule has 1 aromatic heterocycles. The van der Waals surface area contributed by atoms with Crippen LogP contribution in [0.3, 0.4) is 0 Å². The molecule has 0 saturated heterocycles. The summed E-state index contributed by atoms with van der Waals surface area (Å²) in [6.45, 7) is 4.98. The standard InChI is InChI=1S/C9H14ClN3OS/c1-6(2)4-5-13(3)8(14)7-11-12-9(10)15-7/h6H,4-5H2,1-3H3. The van der Waals surface area contributed by atoms with Crippen LogP contribution in [0.4, 0.5) is 0 Å². The first-order valence-electron chi connectivity index (χ1n) is 4.75. The SMILES string of the molecule is CC(C)CCN(C)C(=O)c1nnc(Cl)s1. The molecule has 0 fully saturated rings. The van der Waals surface area contributed by atoms with E-state index in [2.05, 4.69) is 24.0 Å². The van der Waals surface area contributed by atoms with Crippen molar-refractivity contribution in [3.05, 3.63) is 9.47 Å². The smallest absolute Gasteiger partial charge is 0.284 e. The quantitative estimate of drug-likeness (QED) is 0.820. The summed E-state index contributed by atoms with van der Waals surface area (Å²) in [4.78, 5) is 13.4. The average molecular weight is 248 g/mol. The molecule has 0 radical (unpaired) electrons. The number of hydrogen-bond donors (Lipinski definition) is 0. The molecule has 6 heteroatoms. The molecular weight excluding hydrogens is 234 g/mol. The second-order valence-corrected chi connectivity index (χ2v) is 5.33. The van der Waals surface area contributed by atoms with E-state index in [9.17, 15) is 4.79 Å². The highest BCUT2D eigenvalue weighted by Gasteiger charge is 2.16. The molecule has 84 valence electrons. The third kappa shape index (κ3) is 3.76. The van der Waals surface area contributed by atoms with E-state index in [1.165, 1.54) is 0 Å². The van der Waals surface area contributed by atoms with Gasteiger partial charge in [-0.25, -0.2) is 0 Å². The van der Waals surface area contributed by atoms with E-state index >= 15 is 0 Å². The van der Waals surface area contributed by atoms with Gasteiger partial charge in [0.1, 0.15) is 0 Å². The van der Waals surface area contributed by atoms with Gasteiger partial charge in [0.15, 0.2) is 0 Å². The van der Waals surface area contributed by atoms with Gasteiger partial charge in [-0.2, -0.15) is 0 Å². The fraction of sp³-hybridized carbons (Fsp3) is 0.667. The fourth-order valence-electron chi connectivity index (χ4n) is 1.01. The molecule has 1 amide bonds. The van der Waals surface area contributed by atoms with Gasteiger partial charge < -0.3 is 4.90 Å². The van der Waals surface area contributed by atoms with Gasteiger partial charge in [0.2, 0.25) is 9.47 Å². The monoisotopic (exact) mass is 247 g/mol. The van der Waals surface area contributed by atoms with Crippen molar-refractivity contribution in [3.8, 4) is 0 Å². The number of carbonyl (C=O) groups is 1. The van der Waals surface area contributed by atoms with Crippen molar-refractivity contribution in [1.29, 1.82) is 0 Å². The minimum absolute atomic E-state index is 0.111. The van der Waals surface area contributed by atoms with Gasteiger partial charge in [-0.1, -0.05) is 25.2 Å². The molecule has 4 nitrogen and oxygen atoms in total. The van der Waals surface area contributed by atoms with Crippen LogP contribution >= 0.6 is 22.9 Å². The van der Waals surface area contributed by atoms with E-state index < -0.39 is 0 Å². The Labute approximate surface area is 98.3 Å². The van der Waals surface area contributed by atoms with Gasteiger partial charge in [0.25, 0.3) is 5.91 Å². The molecule has 0 atom stereocenters. The molecule has 0 bridgehead atoms. The lowest BCUT2D eigenvalue weighted by Crippen LogP contribution is -2.28. The van der Waals surface area contributed by atoms with E-state index in [1.54, 1.807) is 11.9 Å². The average Bonchev–Trinajstić information content (AvgIpc) is 2.60. The minimum atomic E-state index is -0.111. The topological polar surface area (TPSA) is 46.1 Å². The lowest BCUT2D eigenvalue weighted by Gasteiger charge is -2.16. The zero-order chi connectivity index (χ0) is 11.4. The number of halogens is 1. The van der Waals surface area contributed by atoms with Crippen LogP contribution in [0.15, 0.2) is 0 Å². The third-order valence-corrected chi connectivity index (χ3v) is 2.98. The maximum atomic E-state index is 11.7. The number of hydrogen-bond acceptors (Lipinski definition) is 4. The van der Waals surface area contributed by atoms with Crippen molar-refractivity contribution in [2.45, 2.75) is 20.3 Å². The Bertz CT molecular complexity index is 340. The number of rotatable bonds is 4. The zero-order valence-electron chi connectivity index (χ0n) is 9.03. The van der Waals surface area contributed by atoms with Crippen molar-refractivity contribution >= 4 is 28.8 Å². The Morgan fingerprint density at radius 3 is 2.67 bits per heavy atom. The van der Waals surface area contributed by atoms with E-state index in [-0.39, 0.29) is 5.91 Å². The first-order chi connectivity index (χ1) is 7.00. The van der Waals surface area contributed by atoms with Gasteiger partial charge in [-0.05, 0) is 23.9 Å². The Morgan fingerprint density at radius 2 is 2.20 bits per heavy atom. The first kappa shape index (κ1) is 12.4. The summed E-state index contributed by atoms with van der Waals surface area (Å²) >= 11 is 6.72. The van der Waals surface area contributed by atoms with Gasteiger partial charge in [0.05, 0.1) is 0 Å². The molecule has 1 aromatic rings. The van der Waals surface area contributed by atoms with E-state index in [1.807, 2.05) is 0 Å². The highest BCUT2D eigenvalue weighted by molar-refractivity contribution is 7.17. The molecule has 15 heavy (non-hydrogen) atoms. The predicted octanol–water partition coefficient (Wildman–Crippen LogP) is 2.31. The second-order valence-electron chi connectivity index (χ2n) is 3.77. The van der Waals surface area contributed by atoms with E-state index in [4.69, 9.17) is 11.6 Å². The minimum Gasteiger partial charge on any atom is -0.340 e. The van der Waals surface area contributed by atoms with Gasteiger partial charge in [-0.15, -0.1) is 10.2 Å². The van der Waals surface area contributed by atoms with Crippen LogP contribution in [0.1, 0.15) is 30.1 Å². The maximum Gasteiger partial charge on any atom is 0.284 e. The molecule has 1 heterocycles. The summed E-state index contributed by atoms with van der Waals surface area (Å²) in [6.07, 6.45) is 0.981. The fourth-order valence-corrected chi connectivity index (χ4v) is 1.83. The Hall–Kier alpha value is -0.680. The van der Waals surface area contributed by atoms with E-state index in [0.717, 1.165) is 24.3 Å². The Kier molecular flexibility index (Phi) is 4.47. The van der Waals surface area contributed by atoms with Crippen LogP contribution in [-0.2, 0) is 0 Å². The highest BCUT2D eigenvalue weighted by atomic mass is 35.5. The molecule has 0 N–H and O–H groups in total. The summed E-state index contributed by atoms with van der Waals surface area (Å²) in [5, 5.41) is 7.66. The number of aromatic nitrogens is 2. The molecule has 0 aliphatic heterocycles. The normalized spacial score (nSPS) is 10.7. The van der Waals surface area contributed by atoms with Crippen LogP contribution in [-0.4, -0.2) is 34.6 Å². The van der Waals surface area contributed by atoms with Crippen molar-refractivity contribution in [3.63, 3.8) is 0 Å². The van der Waals surface area contributed by atoms with Crippen molar-refractivity contribution in [2.24, 2.45) is 5.92 Å². The summed E-state index contributed by atoms with van der Waals surface area (Å²) in [5.74, 6) is 0.471. The van der Waals surface area contributed by atoms with Crippen LogP contribution < -0.4 is 0 Å². The lowest BCUT2D eigenvalue weighted by atomic mass is 10.1. The summed E-state index contributed by atoms with van der Waals surface area (Å²) < 4.78 is 0.301. The van der Waals surface area contributed by atoms with Gasteiger partial charge in [0, 0.05) is 13.6 Å². The molecular formula is C9H14ClN3OS. The van der Waals surface area contributed by atoms with Crippen molar-refractivity contribution in [2.75, 3.05) is 13.6 Å². The molecule has 0 aromatic carbocycles. The molecule has 0 saturated carbocycles. The van der Waals surface area contributed by atoms with Gasteiger partial charge in [-0.3, -0.25) is 4.79 Å². The first-order valence-corrected chi connectivity index (χ1v) is 5.94. The van der Waals surface area contributed by atoms with Gasteiger partial charge >= 0.3 is 0 Å². The Morgan fingerprint density at radius 1 is 1.53 bits per heavy atom. The summed E-state index contributed by atoms with van der Waals surface area (Å²) in [7, 11) is 1.76. The predicted molar refractivity (Wildman–Crippen MR) is 61.3 cm³/mol. The largest absolute Gasteiger partial charge is 0.340 e. The van der Waals surface area contributed by atoms with Crippen LogP contribution in [0, 0.1) is 5.92 Å². The molecule has 1 rings (SSSR count). The maximum absolute atomic E-state index is 11.7. The summed E-state index contributed by atoms with van der Waals surface area (Å²) in [5.41, 5.74) is 0. The zero-order valence-corrected chi connectivity index (χ0v) is 10.6. The molecule has 0 aliphatic rings. The van der Waals surface area contributed by atoms with Crippen molar-refractivity contribution < 1.29 is 4.79 Å². The summed E-state index contributed by atoms with van der Waals surface area (Å²) in [6, 6.07) is 0. The lowest BCUT2D eigenvalue weighted by molar-refractivity contribution is 0.0788. The Balaban J connectivity index is 2.53. The molecule has 0 spiro atoms. The second kappa shape index (κ2) is 5.42. The highest BCUT2D eigenvalue weighted by Crippen LogP contribution is 2.16. The van der Waals surface area contributed by atoms with Crippen LogP contribution in [0.25, 0.3) is 0 Å². The van der Waals surface area contributed by atoms with Crippen LogP contribution in [0.2, 0.25) is 4.47 Å². The molecule has 0 aliphatic carbocycles. The number of amides is 1. The van der Waals surface area contributed by atoms with Crippen molar-refractivity contribution in [1.82, 2.24) is 15.1 Å². The number of carbonyl (C=O) groups excluding carboxylic acids is 1. The van der Waals surface area contributed by atoms with Crippen LogP contribution in [0.5, 0.6) is 0 Å². The molecule has 0 unspecified atom stereocenters.